The molecule has 1 aromatic heterocycles. The van der Waals surface area contributed by atoms with E-state index in [-0.39, 0.29) is 17.3 Å². The molecule has 2 aromatic rings. The van der Waals surface area contributed by atoms with E-state index in [0.717, 1.165) is 25.7 Å². The van der Waals surface area contributed by atoms with Gasteiger partial charge in [0.05, 0.1) is 4.92 Å². The van der Waals surface area contributed by atoms with Crippen molar-refractivity contribution in [3.63, 3.8) is 0 Å². The summed E-state index contributed by atoms with van der Waals surface area (Å²) in [5.74, 6) is 0.484. The van der Waals surface area contributed by atoms with Gasteiger partial charge in [-0.25, -0.2) is 0 Å². The minimum absolute atomic E-state index is 0.00317. The van der Waals surface area contributed by atoms with Gasteiger partial charge in [-0.3, -0.25) is 14.9 Å². The molecule has 0 aliphatic heterocycles. The van der Waals surface area contributed by atoms with Gasteiger partial charge in [0.1, 0.15) is 23.2 Å². The maximum atomic E-state index is 12.3. The second kappa shape index (κ2) is 8.32. The van der Waals surface area contributed by atoms with Gasteiger partial charge in [0, 0.05) is 29.8 Å². The van der Waals surface area contributed by atoms with Crippen LogP contribution < -0.4 is 5.32 Å². The van der Waals surface area contributed by atoms with E-state index >= 15 is 0 Å². The predicted octanol–water partition coefficient (Wildman–Crippen LogP) is 4.21. The molecule has 0 spiro atoms. The van der Waals surface area contributed by atoms with Gasteiger partial charge in [0.25, 0.3) is 11.6 Å². The summed E-state index contributed by atoms with van der Waals surface area (Å²) in [6.45, 7) is 0. The normalized spacial score (nSPS) is 15.1. The second-order valence-electron chi connectivity index (χ2n) is 6.48. The first-order valence-corrected chi connectivity index (χ1v) is 8.84. The number of carbonyl (C=O) groups excluding carboxylic acids is 1. The average molecular weight is 365 g/mol. The molecular formula is C20H19N3O4. The summed E-state index contributed by atoms with van der Waals surface area (Å²) in [5, 5.41) is 22.9. The maximum absolute atomic E-state index is 12.3. The Kier molecular flexibility index (Phi) is 5.67. The van der Waals surface area contributed by atoms with E-state index in [9.17, 15) is 20.2 Å². The summed E-state index contributed by atoms with van der Waals surface area (Å²) in [6, 6.07) is 11.4. The fourth-order valence-electron chi connectivity index (χ4n) is 3.13. The molecule has 1 fully saturated rings. The van der Waals surface area contributed by atoms with Gasteiger partial charge in [0.2, 0.25) is 0 Å². The van der Waals surface area contributed by atoms with Crippen molar-refractivity contribution in [3.05, 3.63) is 57.8 Å². The SMILES string of the molecule is N#CC(=Cc1ccc(-c2ccc([N+](=O)[O-])cc2)o1)C(=O)NC1CCCCC1. The number of rotatable bonds is 5. The lowest BCUT2D eigenvalue weighted by Crippen LogP contribution is -2.36. The highest BCUT2D eigenvalue weighted by molar-refractivity contribution is 6.01. The van der Waals surface area contributed by atoms with Crippen LogP contribution in [0.5, 0.6) is 0 Å². The summed E-state index contributed by atoms with van der Waals surface area (Å²) < 4.78 is 5.67. The van der Waals surface area contributed by atoms with Gasteiger partial charge >= 0.3 is 0 Å². The van der Waals surface area contributed by atoms with E-state index in [1.807, 2.05) is 6.07 Å². The zero-order valence-electron chi connectivity index (χ0n) is 14.7. The molecule has 0 radical (unpaired) electrons. The Hall–Kier alpha value is -3.40. The van der Waals surface area contributed by atoms with Crippen LogP contribution in [-0.2, 0) is 4.79 Å². The van der Waals surface area contributed by atoms with Crippen molar-refractivity contribution in [1.29, 1.82) is 5.26 Å². The van der Waals surface area contributed by atoms with E-state index in [2.05, 4.69) is 5.32 Å². The number of furan rings is 1. The first-order valence-electron chi connectivity index (χ1n) is 8.84. The smallest absolute Gasteiger partial charge is 0.269 e. The number of nitro benzene ring substituents is 1. The third-order valence-electron chi connectivity index (χ3n) is 4.58. The van der Waals surface area contributed by atoms with Crippen LogP contribution in [0.1, 0.15) is 37.9 Å². The van der Waals surface area contributed by atoms with Crippen LogP contribution in [0.15, 0.2) is 46.4 Å². The van der Waals surface area contributed by atoms with Crippen molar-refractivity contribution < 1.29 is 14.1 Å². The minimum Gasteiger partial charge on any atom is -0.457 e. The lowest BCUT2D eigenvalue weighted by molar-refractivity contribution is -0.384. The lowest BCUT2D eigenvalue weighted by atomic mass is 9.95. The molecule has 1 aliphatic carbocycles. The molecule has 1 heterocycles. The van der Waals surface area contributed by atoms with Crippen LogP contribution in [0.3, 0.4) is 0 Å². The second-order valence-corrected chi connectivity index (χ2v) is 6.48. The van der Waals surface area contributed by atoms with Crippen molar-refractivity contribution in [3.8, 4) is 17.4 Å². The first-order chi connectivity index (χ1) is 13.1. The number of nitriles is 1. The quantitative estimate of drug-likeness (QED) is 0.369. The molecule has 1 amide bonds. The van der Waals surface area contributed by atoms with Crippen LogP contribution in [0.25, 0.3) is 17.4 Å². The monoisotopic (exact) mass is 365 g/mol. The highest BCUT2D eigenvalue weighted by Crippen LogP contribution is 2.25. The molecule has 0 saturated heterocycles. The van der Waals surface area contributed by atoms with Crippen molar-refractivity contribution in [2.45, 2.75) is 38.1 Å². The van der Waals surface area contributed by atoms with Crippen molar-refractivity contribution in [2.75, 3.05) is 0 Å². The third-order valence-corrected chi connectivity index (χ3v) is 4.58. The van der Waals surface area contributed by atoms with Crippen LogP contribution >= 0.6 is 0 Å². The Bertz CT molecular complexity index is 900. The highest BCUT2D eigenvalue weighted by Gasteiger charge is 2.18. The van der Waals surface area contributed by atoms with Gasteiger partial charge in [-0.2, -0.15) is 5.26 Å². The van der Waals surface area contributed by atoms with Crippen molar-refractivity contribution in [2.24, 2.45) is 0 Å². The van der Waals surface area contributed by atoms with Crippen LogP contribution in [-0.4, -0.2) is 16.9 Å². The number of non-ortho nitro benzene ring substituents is 1. The Balaban J connectivity index is 1.72. The first kappa shape index (κ1) is 18.4. The van der Waals surface area contributed by atoms with Gasteiger partial charge in [-0.15, -0.1) is 0 Å². The van der Waals surface area contributed by atoms with E-state index in [4.69, 9.17) is 4.42 Å². The summed E-state index contributed by atoms with van der Waals surface area (Å²) in [7, 11) is 0. The van der Waals surface area contributed by atoms with Crippen molar-refractivity contribution >= 4 is 17.7 Å². The Morgan fingerprint density at radius 1 is 1.19 bits per heavy atom. The minimum atomic E-state index is -0.468. The predicted molar refractivity (Wildman–Crippen MR) is 99.4 cm³/mol. The maximum Gasteiger partial charge on any atom is 0.269 e. The number of benzene rings is 1. The molecule has 138 valence electrons. The molecule has 1 N–H and O–H groups in total. The summed E-state index contributed by atoms with van der Waals surface area (Å²) in [4.78, 5) is 22.6. The number of nitrogens with one attached hydrogen (secondary N) is 1. The Morgan fingerprint density at radius 2 is 1.89 bits per heavy atom. The molecule has 1 aromatic carbocycles. The molecule has 1 saturated carbocycles. The van der Waals surface area contributed by atoms with E-state index in [1.54, 1.807) is 24.3 Å². The molecule has 7 nitrogen and oxygen atoms in total. The third kappa shape index (κ3) is 4.61. The zero-order chi connectivity index (χ0) is 19.2. The molecule has 27 heavy (non-hydrogen) atoms. The highest BCUT2D eigenvalue weighted by atomic mass is 16.6. The molecular weight excluding hydrogens is 346 g/mol. The van der Waals surface area contributed by atoms with Gasteiger partial charge in [-0.05, 0) is 37.1 Å². The van der Waals surface area contributed by atoms with Crippen LogP contribution in [0.4, 0.5) is 5.69 Å². The fourth-order valence-corrected chi connectivity index (χ4v) is 3.13. The molecule has 1 aliphatic rings. The lowest BCUT2D eigenvalue weighted by Gasteiger charge is -2.22. The molecule has 0 atom stereocenters. The molecule has 0 bridgehead atoms. The van der Waals surface area contributed by atoms with Crippen molar-refractivity contribution in [1.82, 2.24) is 5.32 Å². The summed E-state index contributed by atoms with van der Waals surface area (Å²) >= 11 is 0. The topological polar surface area (TPSA) is 109 Å². The number of hydrogen-bond donors (Lipinski definition) is 1. The molecule has 0 unspecified atom stereocenters. The van der Waals surface area contributed by atoms with Gasteiger partial charge < -0.3 is 9.73 Å². The number of nitrogens with zero attached hydrogens (tertiary/aromatic N) is 2. The number of carbonyl (C=O) groups is 1. The molecule has 3 rings (SSSR count). The Morgan fingerprint density at radius 3 is 2.52 bits per heavy atom. The number of hydrogen-bond acceptors (Lipinski definition) is 5. The largest absolute Gasteiger partial charge is 0.457 e. The van der Waals surface area contributed by atoms with E-state index in [1.165, 1.54) is 24.6 Å². The van der Waals surface area contributed by atoms with Gasteiger partial charge in [-0.1, -0.05) is 19.3 Å². The van der Waals surface area contributed by atoms with Crippen LogP contribution in [0, 0.1) is 21.4 Å². The Labute approximate surface area is 156 Å². The van der Waals surface area contributed by atoms with E-state index in [0.29, 0.717) is 17.1 Å². The summed E-state index contributed by atoms with van der Waals surface area (Å²) in [6.07, 6.45) is 6.66. The van der Waals surface area contributed by atoms with Crippen LogP contribution in [0.2, 0.25) is 0 Å². The number of nitro groups is 1. The molecule has 7 heteroatoms. The number of amides is 1. The summed E-state index contributed by atoms with van der Waals surface area (Å²) in [5.41, 5.74) is 0.659. The zero-order valence-corrected chi connectivity index (χ0v) is 14.7. The van der Waals surface area contributed by atoms with E-state index < -0.39 is 10.8 Å². The average Bonchev–Trinajstić information content (AvgIpc) is 3.15. The van der Waals surface area contributed by atoms with Gasteiger partial charge in [0.15, 0.2) is 0 Å². The standard InChI is InChI=1S/C20H19N3O4/c21-13-15(20(24)22-16-4-2-1-3-5-16)12-18-10-11-19(27-18)14-6-8-17(9-7-14)23(25)26/h6-12,16H,1-5H2,(H,22,24). The fraction of sp³-hybridized carbons (Fsp3) is 0.300.